The highest BCUT2D eigenvalue weighted by atomic mass is 16.6. The SMILES string of the molecule is COC(=O)/C(=C/[C@H]1CCC(C)(C)O1)NC(=O)OC(C)(C)C. The molecule has 1 rings (SSSR count). The number of ether oxygens (including phenoxy) is 3. The van der Waals surface area contributed by atoms with E-state index in [0.717, 1.165) is 12.8 Å². The minimum atomic E-state index is -0.698. The van der Waals surface area contributed by atoms with Crippen LogP contribution < -0.4 is 5.32 Å². The van der Waals surface area contributed by atoms with Crippen LogP contribution in [0.4, 0.5) is 4.79 Å². The zero-order valence-electron chi connectivity index (χ0n) is 13.6. The molecule has 1 saturated heterocycles. The van der Waals surface area contributed by atoms with Gasteiger partial charge in [0.05, 0.1) is 18.8 Å². The highest BCUT2D eigenvalue weighted by molar-refractivity contribution is 5.92. The number of nitrogens with one attached hydrogen (secondary N) is 1. The fraction of sp³-hybridized carbons (Fsp3) is 0.733. The molecule has 0 unspecified atom stereocenters. The van der Waals surface area contributed by atoms with Crippen LogP contribution in [-0.2, 0) is 19.0 Å². The number of alkyl carbamates (subject to hydrolysis) is 1. The molecule has 1 N–H and O–H groups in total. The second-order valence-electron chi connectivity index (χ2n) is 6.65. The fourth-order valence-electron chi connectivity index (χ4n) is 2.01. The van der Waals surface area contributed by atoms with E-state index in [1.165, 1.54) is 7.11 Å². The molecule has 21 heavy (non-hydrogen) atoms. The predicted octanol–water partition coefficient (Wildman–Crippen LogP) is 2.53. The molecule has 0 aromatic carbocycles. The van der Waals surface area contributed by atoms with Crippen molar-refractivity contribution in [3.63, 3.8) is 0 Å². The average Bonchev–Trinajstić information content (AvgIpc) is 2.64. The van der Waals surface area contributed by atoms with Crippen LogP contribution in [0.1, 0.15) is 47.5 Å². The summed E-state index contributed by atoms with van der Waals surface area (Å²) in [7, 11) is 1.26. The number of amides is 1. The lowest BCUT2D eigenvalue weighted by Gasteiger charge is -2.21. The monoisotopic (exact) mass is 299 g/mol. The third-order valence-electron chi connectivity index (χ3n) is 2.89. The summed E-state index contributed by atoms with van der Waals surface area (Å²) in [5.41, 5.74) is -0.833. The van der Waals surface area contributed by atoms with Crippen molar-refractivity contribution in [1.29, 1.82) is 0 Å². The first-order valence-electron chi connectivity index (χ1n) is 7.00. The summed E-state index contributed by atoms with van der Waals surface area (Å²) in [5, 5.41) is 2.42. The largest absolute Gasteiger partial charge is 0.464 e. The second-order valence-corrected chi connectivity index (χ2v) is 6.65. The Bertz CT molecular complexity index is 434. The third-order valence-corrected chi connectivity index (χ3v) is 2.89. The van der Waals surface area contributed by atoms with Crippen molar-refractivity contribution in [3.8, 4) is 0 Å². The summed E-state index contributed by atoms with van der Waals surface area (Å²) in [6, 6.07) is 0. The Morgan fingerprint density at radius 3 is 2.38 bits per heavy atom. The van der Waals surface area contributed by atoms with E-state index < -0.39 is 17.7 Å². The highest BCUT2D eigenvalue weighted by Crippen LogP contribution is 2.30. The minimum absolute atomic E-state index is 0.0365. The van der Waals surface area contributed by atoms with Crippen LogP contribution in [0.25, 0.3) is 0 Å². The first-order chi connectivity index (χ1) is 9.52. The molecule has 1 aliphatic heterocycles. The van der Waals surface area contributed by atoms with E-state index in [1.54, 1.807) is 26.8 Å². The van der Waals surface area contributed by atoms with E-state index in [9.17, 15) is 9.59 Å². The van der Waals surface area contributed by atoms with Crippen LogP contribution in [0, 0.1) is 0 Å². The Kier molecular flexibility index (Phi) is 5.39. The molecule has 0 spiro atoms. The van der Waals surface area contributed by atoms with Gasteiger partial charge < -0.3 is 14.2 Å². The van der Waals surface area contributed by atoms with Gasteiger partial charge in [-0.1, -0.05) is 0 Å². The van der Waals surface area contributed by atoms with Crippen LogP contribution in [0.2, 0.25) is 0 Å². The Morgan fingerprint density at radius 2 is 1.95 bits per heavy atom. The molecule has 6 heteroatoms. The quantitative estimate of drug-likeness (QED) is 0.640. The van der Waals surface area contributed by atoms with Crippen LogP contribution in [-0.4, -0.2) is 36.5 Å². The van der Waals surface area contributed by atoms with Crippen molar-refractivity contribution in [2.24, 2.45) is 0 Å². The summed E-state index contributed by atoms with van der Waals surface area (Å²) >= 11 is 0. The summed E-state index contributed by atoms with van der Waals surface area (Å²) < 4.78 is 15.6. The number of hydrogen-bond donors (Lipinski definition) is 1. The maximum atomic E-state index is 11.8. The maximum absolute atomic E-state index is 11.8. The molecule has 0 aromatic heterocycles. The van der Waals surface area contributed by atoms with Crippen molar-refractivity contribution in [3.05, 3.63) is 11.8 Å². The standard InChI is InChI=1S/C15H25NO5/c1-14(2,3)21-13(18)16-11(12(17)19-6)9-10-7-8-15(4,5)20-10/h9-10H,7-8H2,1-6H3,(H,16,18)/b11-9-/t10-/m1/s1. The Hall–Kier alpha value is -1.56. The summed E-state index contributed by atoms with van der Waals surface area (Å²) in [6.07, 6.45) is 2.31. The number of hydrogen-bond acceptors (Lipinski definition) is 5. The van der Waals surface area contributed by atoms with Gasteiger partial charge in [0.1, 0.15) is 11.3 Å². The molecule has 1 atom stereocenters. The van der Waals surface area contributed by atoms with Crippen molar-refractivity contribution in [2.75, 3.05) is 7.11 Å². The van der Waals surface area contributed by atoms with E-state index in [-0.39, 0.29) is 17.4 Å². The van der Waals surface area contributed by atoms with Gasteiger partial charge in [-0.2, -0.15) is 0 Å². The number of esters is 1. The molecule has 1 heterocycles. The van der Waals surface area contributed by atoms with Gasteiger partial charge in [-0.3, -0.25) is 5.32 Å². The van der Waals surface area contributed by atoms with Gasteiger partial charge in [-0.05, 0) is 53.5 Å². The van der Waals surface area contributed by atoms with Crippen molar-refractivity contribution in [1.82, 2.24) is 5.32 Å². The van der Waals surface area contributed by atoms with E-state index in [4.69, 9.17) is 9.47 Å². The topological polar surface area (TPSA) is 73.9 Å². The van der Waals surface area contributed by atoms with E-state index in [0.29, 0.717) is 0 Å². The number of carbonyl (C=O) groups excluding carboxylic acids is 2. The lowest BCUT2D eigenvalue weighted by molar-refractivity contribution is -0.136. The lowest BCUT2D eigenvalue weighted by atomic mass is 10.1. The van der Waals surface area contributed by atoms with E-state index in [1.807, 2.05) is 13.8 Å². The maximum Gasteiger partial charge on any atom is 0.412 e. The second kappa shape index (κ2) is 6.47. The number of methoxy groups -OCH3 is 1. The lowest BCUT2D eigenvalue weighted by Crippen LogP contribution is -2.35. The normalized spacial score (nSPS) is 21.8. The van der Waals surface area contributed by atoms with E-state index in [2.05, 4.69) is 10.1 Å². The number of carbonyl (C=O) groups is 2. The Labute approximate surface area is 125 Å². The third kappa shape index (κ3) is 6.16. The van der Waals surface area contributed by atoms with Crippen LogP contribution in [0.5, 0.6) is 0 Å². The molecule has 1 amide bonds. The fourth-order valence-corrected chi connectivity index (χ4v) is 2.01. The van der Waals surface area contributed by atoms with Gasteiger partial charge in [0, 0.05) is 0 Å². The summed E-state index contributed by atoms with van der Waals surface area (Å²) in [4.78, 5) is 23.5. The Morgan fingerprint density at radius 1 is 1.33 bits per heavy atom. The van der Waals surface area contributed by atoms with Crippen molar-refractivity contribution < 1.29 is 23.8 Å². The van der Waals surface area contributed by atoms with Gasteiger partial charge in [-0.15, -0.1) is 0 Å². The van der Waals surface area contributed by atoms with Gasteiger partial charge in [0.25, 0.3) is 0 Å². The van der Waals surface area contributed by atoms with E-state index >= 15 is 0 Å². The molecule has 0 aromatic rings. The zero-order chi connectivity index (χ0) is 16.3. The smallest absolute Gasteiger partial charge is 0.412 e. The molecule has 6 nitrogen and oxygen atoms in total. The molecule has 1 fully saturated rings. The Balaban J connectivity index is 2.77. The molecule has 0 aliphatic carbocycles. The molecule has 0 bridgehead atoms. The van der Waals surface area contributed by atoms with Gasteiger partial charge >= 0.3 is 12.1 Å². The van der Waals surface area contributed by atoms with Gasteiger partial charge in [-0.25, -0.2) is 9.59 Å². The van der Waals surface area contributed by atoms with Crippen molar-refractivity contribution in [2.45, 2.75) is 64.8 Å². The molecular formula is C15H25NO5. The first kappa shape index (κ1) is 17.5. The molecular weight excluding hydrogens is 274 g/mol. The first-order valence-corrected chi connectivity index (χ1v) is 7.00. The van der Waals surface area contributed by atoms with Gasteiger partial charge in [0.2, 0.25) is 0 Å². The summed E-state index contributed by atoms with van der Waals surface area (Å²) in [5.74, 6) is -0.630. The minimum Gasteiger partial charge on any atom is -0.464 e. The molecule has 120 valence electrons. The summed E-state index contributed by atoms with van der Waals surface area (Å²) in [6.45, 7) is 9.21. The number of rotatable bonds is 3. The van der Waals surface area contributed by atoms with Crippen LogP contribution in [0.3, 0.4) is 0 Å². The molecule has 1 aliphatic rings. The zero-order valence-corrected chi connectivity index (χ0v) is 13.6. The van der Waals surface area contributed by atoms with Crippen molar-refractivity contribution >= 4 is 12.1 Å². The van der Waals surface area contributed by atoms with Crippen LogP contribution >= 0.6 is 0 Å². The molecule has 0 saturated carbocycles. The predicted molar refractivity (Wildman–Crippen MR) is 77.7 cm³/mol. The average molecular weight is 299 g/mol. The highest BCUT2D eigenvalue weighted by Gasteiger charge is 2.31. The van der Waals surface area contributed by atoms with Gasteiger partial charge in [0.15, 0.2) is 0 Å². The molecule has 0 radical (unpaired) electrons. The van der Waals surface area contributed by atoms with Crippen LogP contribution in [0.15, 0.2) is 11.8 Å².